The Morgan fingerprint density at radius 3 is 3.13 bits per heavy atom. The Labute approximate surface area is 89.9 Å². The van der Waals surface area contributed by atoms with Crippen molar-refractivity contribution in [2.24, 2.45) is 0 Å². The Morgan fingerprint density at radius 1 is 1.40 bits per heavy atom. The van der Waals surface area contributed by atoms with Crippen molar-refractivity contribution in [1.82, 2.24) is 9.88 Å². The topological polar surface area (TPSA) is 19.0 Å². The van der Waals surface area contributed by atoms with E-state index in [2.05, 4.69) is 48.3 Å². The smallest absolute Gasteiger partial charge is 0.0460 e. The first-order valence-corrected chi connectivity index (χ1v) is 5.56. The van der Waals surface area contributed by atoms with Crippen LogP contribution >= 0.6 is 0 Å². The summed E-state index contributed by atoms with van der Waals surface area (Å²) in [7, 11) is 2.21. The number of hydrogen-bond acceptors (Lipinski definition) is 1. The number of H-pyrrole nitrogens is 1. The van der Waals surface area contributed by atoms with Gasteiger partial charge in [0.15, 0.2) is 0 Å². The molecule has 2 heterocycles. The standard InChI is InChI=1S/C13H16N2/c1-9-11-4-3-5-12-13(11)10(8-14-12)6-7-15(9)2/h3-5,8-9,14H,6-7H2,1-2H3/t9-/m1/s1. The van der Waals surface area contributed by atoms with Crippen LogP contribution in [0.4, 0.5) is 0 Å². The lowest BCUT2D eigenvalue weighted by Crippen LogP contribution is -2.22. The van der Waals surface area contributed by atoms with Gasteiger partial charge in [0, 0.05) is 29.7 Å². The lowest BCUT2D eigenvalue weighted by atomic mass is 10.0. The molecule has 0 saturated heterocycles. The molecule has 15 heavy (non-hydrogen) atoms. The number of hydrogen-bond donors (Lipinski definition) is 1. The Kier molecular flexibility index (Phi) is 1.86. The molecule has 0 aliphatic carbocycles. The van der Waals surface area contributed by atoms with Crippen LogP contribution in [0.1, 0.15) is 24.1 Å². The van der Waals surface area contributed by atoms with Gasteiger partial charge in [0.1, 0.15) is 0 Å². The molecule has 0 spiro atoms. The number of nitrogens with zero attached hydrogens (tertiary/aromatic N) is 1. The molecule has 0 amide bonds. The first kappa shape index (κ1) is 8.98. The van der Waals surface area contributed by atoms with Crippen LogP contribution in [-0.2, 0) is 6.42 Å². The first-order valence-electron chi connectivity index (χ1n) is 5.56. The van der Waals surface area contributed by atoms with Gasteiger partial charge in [0.25, 0.3) is 0 Å². The van der Waals surface area contributed by atoms with Crippen molar-refractivity contribution in [3.05, 3.63) is 35.5 Å². The number of rotatable bonds is 0. The van der Waals surface area contributed by atoms with Crippen LogP contribution in [0.3, 0.4) is 0 Å². The molecule has 0 saturated carbocycles. The zero-order valence-electron chi connectivity index (χ0n) is 9.25. The van der Waals surface area contributed by atoms with Crippen LogP contribution < -0.4 is 0 Å². The van der Waals surface area contributed by atoms with Crippen molar-refractivity contribution < 1.29 is 0 Å². The van der Waals surface area contributed by atoms with Gasteiger partial charge in [-0.1, -0.05) is 12.1 Å². The minimum absolute atomic E-state index is 0.519. The molecule has 1 aromatic heterocycles. The van der Waals surface area contributed by atoms with Crippen molar-refractivity contribution in [2.45, 2.75) is 19.4 Å². The zero-order valence-corrected chi connectivity index (χ0v) is 9.25. The zero-order chi connectivity index (χ0) is 10.4. The van der Waals surface area contributed by atoms with Crippen molar-refractivity contribution in [2.75, 3.05) is 13.6 Å². The normalized spacial score (nSPS) is 21.9. The van der Waals surface area contributed by atoms with Crippen LogP contribution in [0.15, 0.2) is 24.4 Å². The second-order valence-electron chi connectivity index (χ2n) is 4.49. The maximum atomic E-state index is 3.36. The quantitative estimate of drug-likeness (QED) is 0.692. The number of aromatic nitrogens is 1. The molecule has 2 heteroatoms. The van der Waals surface area contributed by atoms with E-state index in [1.165, 1.54) is 22.0 Å². The molecule has 0 bridgehead atoms. The lowest BCUT2D eigenvalue weighted by molar-refractivity contribution is 0.270. The molecule has 1 aliphatic rings. The van der Waals surface area contributed by atoms with E-state index in [0.29, 0.717) is 6.04 Å². The monoisotopic (exact) mass is 200 g/mol. The molecule has 1 N–H and O–H groups in total. The fraction of sp³-hybridized carbons (Fsp3) is 0.385. The largest absolute Gasteiger partial charge is 0.361 e. The first-order chi connectivity index (χ1) is 7.27. The average Bonchev–Trinajstić information content (AvgIpc) is 2.62. The summed E-state index contributed by atoms with van der Waals surface area (Å²) in [5.41, 5.74) is 4.21. The van der Waals surface area contributed by atoms with Gasteiger partial charge in [-0.15, -0.1) is 0 Å². The third-order valence-electron chi connectivity index (χ3n) is 3.66. The van der Waals surface area contributed by atoms with Crippen LogP contribution in [0.2, 0.25) is 0 Å². The Balaban J connectivity index is 2.33. The van der Waals surface area contributed by atoms with Gasteiger partial charge in [0.2, 0.25) is 0 Å². The molecule has 2 aromatic rings. The van der Waals surface area contributed by atoms with Crippen LogP contribution in [-0.4, -0.2) is 23.5 Å². The Bertz CT molecular complexity index is 498. The van der Waals surface area contributed by atoms with Gasteiger partial charge in [-0.3, -0.25) is 4.90 Å². The highest BCUT2D eigenvalue weighted by atomic mass is 15.1. The molecule has 2 nitrogen and oxygen atoms in total. The lowest BCUT2D eigenvalue weighted by Gasteiger charge is -2.22. The third-order valence-corrected chi connectivity index (χ3v) is 3.66. The van der Waals surface area contributed by atoms with Crippen LogP contribution in [0.5, 0.6) is 0 Å². The SMILES string of the molecule is C[C@@H]1c2cccc3[nH]cc(c23)CCN1C. The fourth-order valence-corrected chi connectivity index (χ4v) is 2.56. The number of aromatic amines is 1. The highest BCUT2D eigenvalue weighted by Gasteiger charge is 2.20. The molecular formula is C13H16N2. The highest BCUT2D eigenvalue weighted by molar-refractivity contribution is 5.87. The van der Waals surface area contributed by atoms with Crippen molar-refractivity contribution >= 4 is 10.9 Å². The van der Waals surface area contributed by atoms with E-state index in [-0.39, 0.29) is 0 Å². The van der Waals surface area contributed by atoms with Crippen molar-refractivity contribution in [3.63, 3.8) is 0 Å². The van der Waals surface area contributed by atoms with Crippen molar-refractivity contribution in [3.8, 4) is 0 Å². The molecule has 0 fully saturated rings. The van der Waals surface area contributed by atoms with E-state index in [1.807, 2.05) is 0 Å². The summed E-state index contributed by atoms with van der Waals surface area (Å²) in [6, 6.07) is 7.09. The summed E-state index contributed by atoms with van der Waals surface area (Å²) in [4.78, 5) is 5.79. The van der Waals surface area contributed by atoms with Gasteiger partial charge in [0.05, 0.1) is 0 Å². The Hall–Kier alpha value is -1.28. The maximum Gasteiger partial charge on any atom is 0.0460 e. The molecular weight excluding hydrogens is 184 g/mol. The summed E-state index contributed by atoms with van der Waals surface area (Å²) in [6.07, 6.45) is 3.32. The van der Waals surface area contributed by atoms with E-state index < -0.39 is 0 Å². The van der Waals surface area contributed by atoms with E-state index >= 15 is 0 Å². The highest BCUT2D eigenvalue weighted by Crippen LogP contribution is 2.32. The van der Waals surface area contributed by atoms with Gasteiger partial charge in [-0.05, 0) is 37.6 Å². The number of likely N-dealkylation sites (N-methyl/N-ethyl adjacent to an activating group) is 1. The van der Waals surface area contributed by atoms with Gasteiger partial charge >= 0.3 is 0 Å². The molecule has 3 rings (SSSR count). The molecule has 0 unspecified atom stereocenters. The molecule has 1 aromatic carbocycles. The second-order valence-corrected chi connectivity index (χ2v) is 4.49. The maximum absolute atomic E-state index is 3.36. The third kappa shape index (κ3) is 1.21. The van der Waals surface area contributed by atoms with Crippen LogP contribution in [0.25, 0.3) is 10.9 Å². The molecule has 1 atom stereocenters. The summed E-state index contributed by atoms with van der Waals surface area (Å²) in [5.74, 6) is 0. The fourth-order valence-electron chi connectivity index (χ4n) is 2.56. The molecule has 1 aliphatic heterocycles. The van der Waals surface area contributed by atoms with Gasteiger partial charge in [-0.2, -0.15) is 0 Å². The number of nitrogens with one attached hydrogen (secondary N) is 1. The predicted molar refractivity (Wildman–Crippen MR) is 63.0 cm³/mol. The minimum Gasteiger partial charge on any atom is -0.361 e. The molecule has 0 radical (unpaired) electrons. The summed E-state index contributed by atoms with van der Waals surface area (Å²) in [6.45, 7) is 3.43. The van der Waals surface area contributed by atoms with Crippen molar-refractivity contribution in [1.29, 1.82) is 0 Å². The predicted octanol–water partition coefficient (Wildman–Crippen LogP) is 2.72. The average molecular weight is 200 g/mol. The second kappa shape index (κ2) is 3.11. The van der Waals surface area contributed by atoms with E-state index in [0.717, 1.165) is 13.0 Å². The van der Waals surface area contributed by atoms with Crippen LogP contribution in [0, 0.1) is 0 Å². The van der Waals surface area contributed by atoms with E-state index in [1.54, 1.807) is 0 Å². The Morgan fingerprint density at radius 2 is 2.27 bits per heavy atom. The summed E-state index contributed by atoms with van der Waals surface area (Å²) >= 11 is 0. The number of benzene rings is 1. The minimum atomic E-state index is 0.519. The van der Waals surface area contributed by atoms with Gasteiger partial charge < -0.3 is 4.98 Å². The molecule has 78 valence electrons. The summed E-state index contributed by atoms with van der Waals surface area (Å²) < 4.78 is 0. The van der Waals surface area contributed by atoms with E-state index in [4.69, 9.17) is 0 Å². The van der Waals surface area contributed by atoms with E-state index in [9.17, 15) is 0 Å². The summed E-state index contributed by atoms with van der Waals surface area (Å²) in [5, 5.41) is 1.45. The van der Waals surface area contributed by atoms with Gasteiger partial charge in [-0.25, -0.2) is 0 Å².